The molecule has 2 aliphatic rings. The van der Waals surface area contributed by atoms with Crippen molar-refractivity contribution in [3.05, 3.63) is 29.1 Å². The number of aromatic nitrogens is 4. The van der Waals surface area contributed by atoms with E-state index in [1.165, 1.54) is 4.90 Å². The molecule has 1 saturated carbocycles. The zero-order valence-corrected chi connectivity index (χ0v) is 16.7. The lowest BCUT2D eigenvalue weighted by molar-refractivity contribution is -0.126. The molecule has 1 aromatic heterocycles. The zero-order valence-electron chi connectivity index (χ0n) is 16.7. The van der Waals surface area contributed by atoms with E-state index in [0.29, 0.717) is 43.2 Å². The number of aromatic amines is 1. The van der Waals surface area contributed by atoms with E-state index in [-0.39, 0.29) is 24.1 Å². The Balaban J connectivity index is 1.46. The first kappa shape index (κ1) is 19.4. The van der Waals surface area contributed by atoms with Crippen LogP contribution in [-0.4, -0.2) is 50.6 Å². The lowest BCUT2D eigenvalue weighted by atomic mass is 9.80. The summed E-state index contributed by atoms with van der Waals surface area (Å²) in [6, 6.07) is 3.80. The van der Waals surface area contributed by atoms with E-state index in [9.17, 15) is 14.7 Å². The first-order valence-electron chi connectivity index (χ1n) is 10.1. The molecule has 3 N–H and O–H groups in total. The third-order valence-corrected chi connectivity index (χ3v) is 6.04. The average molecular weight is 398 g/mol. The molecule has 29 heavy (non-hydrogen) atoms. The number of aromatic hydroxyl groups is 1. The highest BCUT2D eigenvalue weighted by Gasteiger charge is 2.48. The number of carbonyl (C=O) groups is 2. The number of tetrazole rings is 1. The van der Waals surface area contributed by atoms with Gasteiger partial charge in [0.15, 0.2) is 5.82 Å². The predicted octanol–water partition coefficient (Wildman–Crippen LogP) is 1.55. The number of amides is 2. The van der Waals surface area contributed by atoms with E-state index >= 15 is 0 Å². The van der Waals surface area contributed by atoms with Crippen LogP contribution in [0.5, 0.6) is 5.75 Å². The number of fused-ring (bicyclic) bond motifs is 1. The quantitative estimate of drug-likeness (QED) is 0.580. The van der Waals surface area contributed by atoms with Crippen LogP contribution in [-0.2, 0) is 21.4 Å². The standard InChI is InChI=1S/C20H26N6O3/c1-3-20(2)14-9-13(12-6-7-12)10-15(27)18(14)26(19(20)29)11-17(28)21-8-4-5-16-22-24-25-23-16/h9-10,12,27H,3-8,11H2,1-2H3,(H,21,28)(H,22,23,24,25). The molecule has 1 atom stereocenters. The maximum atomic E-state index is 13.2. The van der Waals surface area contributed by atoms with Crippen molar-refractivity contribution < 1.29 is 14.7 Å². The van der Waals surface area contributed by atoms with Gasteiger partial charge in [-0.05, 0) is 55.7 Å². The number of H-pyrrole nitrogens is 1. The van der Waals surface area contributed by atoms with Crippen molar-refractivity contribution in [2.45, 2.75) is 57.3 Å². The van der Waals surface area contributed by atoms with Crippen molar-refractivity contribution in [1.29, 1.82) is 0 Å². The van der Waals surface area contributed by atoms with Crippen molar-refractivity contribution in [3.8, 4) is 5.75 Å². The first-order valence-corrected chi connectivity index (χ1v) is 10.1. The number of rotatable bonds is 8. The Labute approximate surface area is 168 Å². The van der Waals surface area contributed by atoms with Crippen LogP contribution in [0.25, 0.3) is 0 Å². The molecule has 154 valence electrons. The summed E-state index contributed by atoms with van der Waals surface area (Å²) >= 11 is 0. The van der Waals surface area contributed by atoms with Gasteiger partial charge in [0.25, 0.3) is 0 Å². The molecule has 9 heteroatoms. The smallest absolute Gasteiger partial charge is 0.240 e. The summed E-state index contributed by atoms with van der Waals surface area (Å²) in [5.41, 5.74) is 1.67. The molecule has 1 fully saturated rings. The summed E-state index contributed by atoms with van der Waals surface area (Å²) in [7, 11) is 0. The number of anilines is 1. The minimum atomic E-state index is -0.726. The van der Waals surface area contributed by atoms with Crippen LogP contribution in [0.4, 0.5) is 5.69 Å². The van der Waals surface area contributed by atoms with Crippen LogP contribution in [0.3, 0.4) is 0 Å². The van der Waals surface area contributed by atoms with Gasteiger partial charge in [-0.2, -0.15) is 5.21 Å². The minimum absolute atomic E-state index is 0.0832. The highest BCUT2D eigenvalue weighted by molar-refractivity contribution is 6.11. The molecule has 1 unspecified atom stereocenters. The fraction of sp³-hybridized carbons (Fsp3) is 0.550. The monoisotopic (exact) mass is 398 g/mol. The fourth-order valence-corrected chi connectivity index (χ4v) is 3.97. The maximum absolute atomic E-state index is 13.2. The van der Waals surface area contributed by atoms with Gasteiger partial charge in [-0.1, -0.05) is 18.2 Å². The number of nitrogens with one attached hydrogen (secondary N) is 2. The van der Waals surface area contributed by atoms with Gasteiger partial charge < -0.3 is 10.4 Å². The molecule has 0 spiro atoms. The number of hydrogen-bond acceptors (Lipinski definition) is 6. The topological polar surface area (TPSA) is 124 Å². The Kier molecular flexibility index (Phi) is 4.97. The summed E-state index contributed by atoms with van der Waals surface area (Å²) in [6.07, 6.45) is 4.10. The van der Waals surface area contributed by atoms with E-state index in [0.717, 1.165) is 24.0 Å². The Morgan fingerprint density at radius 1 is 1.41 bits per heavy atom. The fourth-order valence-electron chi connectivity index (χ4n) is 3.97. The van der Waals surface area contributed by atoms with Crippen LogP contribution >= 0.6 is 0 Å². The second-order valence-electron chi connectivity index (χ2n) is 8.07. The Bertz CT molecular complexity index is 925. The van der Waals surface area contributed by atoms with Crippen molar-refractivity contribution >= 4 is 17.5 Å². The van der Waals surface area contributed by atoms with Crippen molar-refractivity contribution in [3.63, 3.8) is 0 Å². The highest BCUT2D eigenvalue weighted by Crippen LogP contribution is 2.51. The molecular formula is C20H26N6O3. The molecule has 1 aromatic carbocycles. The van der Waals surface area contributed by atoms with Gasteiger partial charge >= 0.3 is 0 Å². The zero-order chi connectivity index (χ0) is 20.6. The molecule has 0 radical (unpaired) electrons. The number of nitrogens with zero attached hydrogens (tertiary/aromatic N) is 4. The molecule has 0 bridgehead atoms. The van der Waals surface area contributed by atoms with Gasteiger partial charge in [-0.25, -0.2) is 0 Å². The summed E-state index contributed by atoms with van der Waals surface area (Å²) in [5.74, 6) is 0.750. The lowest BCUT2D eigenvalue weighted by Gasteiger charge is -2.22. The van der Waals surface area contributed by atoms with E-state index in [4.69, 9.17) is 0 Å². The molecule has 2 heterocycles. The van der Waals surface area contributed by atoms with Gasteiger partial charge in [0.2, 0.25) is 11.8 Å². The normalized spacial score (nSPS) is 20.8. The van der Waals surface area contributed by atoms with Crippen LogP contribution in [0.1, 0.15) is 62.4 Å². The van der Waals surface area contributed by atoms with Gasteiger partial charge in [0.05, 0.1) is 11.1 Å². The molecular weight excluding hydrogens is 372 g/mol. The second kappa shape index (κ2) is 7.46. The van der Waals surface area contributed by atoms with Crippen molar-refractivity contribution in [1.82, 2.24) is 25.9 Å². The molecule has 1 aliphatic carbocycles. The molecule has 4 rings (SSSR count). The molecule has 2 aromatic rings. The van der Waals surface area contributed by atoms with Gasteiger partial charge in [-0.15, -0.1) is 10.2 Å². The van der Waals surface area contributed by atoms with Gasteiger partial charge in [0.1, 0.15) is 12.3 Å². The van der Waals surface area contributed by atoms with Crippen LogP contribution in [0, 0.1) is 0 Å². The van der Waals surface area contributed by atoms with Crippen molar-refractivity contribution in [2.75, 3.05) is 18.0 Å². The Morgan fingerprint density at radius 2 is 2.21 bits per heavy atom. The third-order valence-electron chi connectivity index (χ3n) is 6.04. The van der Waals surface area contributed by atoms with Crippen LogP contribution in [0.15, 0.2) is 12.1 Å². The highest BCUT2D eigenvalue weighted by atomic mass is 16.3. The van der Waals surface area contributed by atoms with E-state index in [2.05, 4.69) is 32.0 Å². The van der Waals surface area contributed by atoms with Crippen LogP contribution < -0.4 is 10.2 Å². The maximum Gasteiger partial charge on any atom is 0.240 e. The number of aryl methyl sites for hydroxylation is 1. The van der Waals surface area contributed by atoms with Crippen molar-refractivity contribution in [2.24, 2.45) is 0 Å². The average Bonchev–Trinajstić information content (AvgIpc) is 3.39. The van der Waals surface area contributed by atoms with Gasteiger partial charge in [-0.3, -0.25) is 14.5 Å². The number of phenolic OH excluding ortho intramolecular Hbond substituents is 1. The predicted molar refractivity (Wildman–Crippen MR) is 106 cm³/mol. The van der Waals surface area contributed by atoms with Crippen LogP contribution in [0.2, 0.25) is 0 Å². The lowest BCUT2D eigenvalue weighted by Crippen LogP contribution is -2.43. The molecule has 9 nitrogen and oxygen atoms in total. The first-order chi connectivity index (χ1) is 13.9. The summed E-state index contributed by atoms with van der Waals surface area (Å²) in [5, 5.41) is 27.1. The Hall–Kier alpha value is -2.97. The SMILES string of the molecule is CCC1(C)C(=O)N(CC(=O)NCCCc2nn[nH]n2)c2c(O)cc(C3CC3)cc21. The third kappa shape index (κ3) is 3.56. The number of phenols is 1. The number of carbonyl (C=O) groups excluding carboxylic acids is 2. The minimum Gasteiger partial charge on any atom is -0.506 e. The molecule has 0 saturated heterocycles. The summed E-state index contributed by atoms with van der Waals surface area (Å²) < 4.78 is 0. The van der Waals surface area contributed by atoms with Gasteiger partial charge in [0, 0.05) is 13.0 Å². The summed E-state index contributed by atoms with van der Waals surface area (Å²) in [4.78, 5) is 27.1. The second-order valence-corrected chi connectivity index (χ2v) is 8.07. The molecule has 2 amide bonds. The number of hydrogen-bond donors (Lipinski definition) is 3. The van der Waals surface area contributed by atoms with E-state index in [1.807, 2.05) is 13.8 Å². The van der Waals surface area contributed by atoms with E-state index in [1.54, 1.807) is 6.07 Å². The summed E-state index contributed by atoms with van der Waals surface area (Å²) in [6.45, 7) is 4.19. The van der Waals surface area contributed by atoms with E-state index < -0.39 is 5.41 Å². The Morgan fingerprint density at radius 3 is 2.86 bits per heavy atom. The molecule has 1 aliphatic heterocycles. The largest absolute Gasteiger partial charge is 0.506 e. The number of benzene rings is 1.